The second-order valence-electron chi connectivity index (χ2n) is 8.67. The highest BCUT2D eigenvalue weighted by Gasteiger charge is 2.48. The van der Waals surface area contributed by atoms with Crippen LogP contribution in [0.15, 0.2) is 54.6 Å². The van der Waals surface area contributed by atoms with Crippen molar-refractivity contribution in [3.8, 4) is 5.75 Å². The molecule has 7 nitrogen and oxygen atoms in total. The summed E-state index contributed by atoms with van der Waals surface area (Å²) in [5, 5.41) is 0. The highest BCUT2D eigenvalue weighted by Crippen LogP contribution is 2.40. The number of para-hydroxylation sites is 1. The highest BCUT2D eigenvalue weighted by molar-refractivity contribution is 6.22. The number of amides is 3. The summed E-state index contributed by atoms with van der Waals surface area (Å²) in [7, 11) is 0. The zero-order valence-electron chi connectivity index (χ0n) is 17.6. The zero-order valence-corrected chi connectivity index (χ0v) is 17.6. The van der Waals surface area contributed by atoms with Gasteiger partial charge in [0.1, 0.15) is 5.75 Å². The molecule has 0 spiro atoms. The smallest absolute Gasteiger partial charge is 0.316 e. The largest absolute Gasteiger partial charge is 0.426 e. The average Bonchev–Trinajstić information content (AvgIpc) is 3.32. The number of rotatable bonds is 4. The molecule has 1 saturated carbocycles. The Hall–Kier alpha value is -3.48. The van der Waals surface area contributed by atoms with Gasteiger partial charge in [-0.05, 0) is 37.1 Å². The summed E-state index contributed by atoms with van der Waals surface area (Å²) >= 11 is 0. The predicted octanol–water partition coefficient (Wildman–Crippen LogP) is 3.32. The molecule has 3 aliphatic rings. The fourth-order valence-electron chi connectivity index (χ4n) is 5.03. The molecule has 32 heavy (non-hydrogen) atoms. The summed E-state index contributed by atoms with van der Waals surface area (Å²) in [4.78, 5) is 53.7. The lowest BCUT2D eigenvalue weighted by Crippen LogP contribution is -2.31. The third-order valence-electron chi connectivity index (χ3n) is 6.66. The van der Waals surface area contributed by atoms with Gasteiger partial charge in [0, 0.05) is 24.7 Å². The van der Waals surface area contributed by atoms with Crippen molar-refractivity contribution in [2.45, 2.75) is 32.1 Å². The van der Waals surface area contributed by atoms with Gasteiger partial charge in [0.05, 0.1) is 23.4 Å². The van der Waals surface area contributed by atoms with Crippen molar-refractivity contribution < 1.29 is 23.9 Å². The maximum Gasteiger partial charge on any atom is 0.316 e. The molecule has 2 heterocycles. The van der Waals surface area contributed by atoms with Crippen molar-refractivity contribution in [2.24, 2.45) is 17.8 Å². The summed E-state index contributed by atoms with van der Waals surface area (Å²) in [5.41, 5.74) is 1.18. The van der Waals surface area contributed by atoms with Gasteiger partial charge in [0.2, 0.25) is 17.7 Å². The van der Waals surface area contributed by atoms with E-state index in [0.717, 1.165) is 31.4 Å². The predicted molar refractivity (Wildman–Crippen MR) is 117 cm³/mol. The van der Waals surface area contributed by atoms with Crippen LogP contribution in [0.3, 0.4) is 0 Å². The first-order chi connectivity index (χ1) is 15.5. The highest BCUT2D eigenvalue weighted by atomic mass is 16.5. The van der Waals surface area contributed by atoms with Crippen LogP contribution in [0.2, 0.25) is 0 Å². The minimum Gasteiger partial charge on any atom is -0.426 e. The number of esters is 1. The molecule has 7 heteroatoms. The van der Waals surface area contributed by atoms with Crippen molar-refractivity contribution in [1.29, 1.82) is 0 Å². The van der Waals surface area contributed by atoms with Crippen molar-refractivity contribution in [3.05, 3.63) is 54.6 Å². The number of nitrogens with zero attached hydrogens (tertiary/aromatic N) is 2. The minimum absolute atomic E-state index is 0.0832. The molecule has 1 aliphatic carbocycles. The standard InChI is InChI=1S/C25H24N2O5/c28-22-13-16(15-26(22)17-7-2-1-3-8-17)25(31)32-19-10-6-9-18(14-19)27-23(29)20-11-4-5-12-21(20)24(27)30/h1-3,6-10,14,16,20-21H,4-5,11-13,15H2/t16-,20+,21+/m0/s1. The number of hydrogen-bond donors (Lipinski definition) is 0. The Morgan fingerprint density at radius 1 is 0.844 bits per heavy atom. The molecule has 3 atom stereocenters. The van der Waals surface area contributed by atoms with Crippen molar-refractivity contribution in [1.82, 2.24) is 0 Å². The Labute approximate surface area is 185 Å². The lowest BCUT2D eigenvalue weighted by molar-refractivity contribution is -0.139. The van der Waals surface area contributed by atoms with Gasteiger partial charge in [-0.1, -0.05) is 37.1 Å². The maximum absolute atomic E-state index is 12.9. The Balaban J connectivity index is 1.29. The molecule has 3 fully saturated rings. The van der Waals surface area contributed by atoms with E-state index in [4.69, 9.17) is 4.74 Å². The molecule has 3 amide bonds. The first-order valence-electron chi connectivity index (χ1n) is 11.1. The van der Waals surface area contributed by atoms with E-state index in [1.807, 2.05) is 30.3 Å². The van der Waals surface area contributed by atoms with Gasteiger partial charge >= 0.3 is 5.97 Å². The van der Waals surface area contributed by atoms with Gasteiger partial charge < -0.3 is 9.64 Å². The van der Waals surface area contributed by atoms with Crippen LogP contribution < -0.4 is 14.5 Å². The number of benzene rings is 2. The summed E-state index contributed by atoms with van der Waals surface area (Å²) in [6, 6.07) is 15.7. The summed E-state index contributed by atoms with van der Waals surface area (Å²) in [6.45, 7) is 0.258. The lowest BCUT2D eigenvalue weighted by Gasteiger charge is -2.19. The van der Waals surface area contributed by atoms with Crippen molar-refractivity contribution in [3.63, 3.8) is 0 Å². The maximum atomic E-state index is 12.9. The molecular weight excluding hydrogens is 408 g/mol. The Kier molecular flexibility index (Phi) is 5.25. The average molecular weight is 432 g/mol. The first kappa shape index (κ1) is 20.4. The monoisotopic (exact) mass is 432 g/mol. The molecule has 2 aromatic rings. The quantitative estimate of drug-likeness (QED) is 0.420. The molecule has 0 aromatic heterocycles. The van der Waals surface area contributed by atoms with Crippen LogP contribution in [0.5, 0.6) is 5.75 Å². The van der Waals surface area contributed by atoms with Gasteiger partial charge in [0.15, 0.2) is 0 Å². The minimum atomic E-state index is -0.579. The lowest BCUT2D eigenvalue weighted by atomic mass is 9.81. The molecule has 2 aliphatic heterocycles. The first-order valence-corrected chi connectivity index (χ1v) is 11.1. The van der Waals surface area contributed by atoms with E-state index < -0.39 is 11.9 Å². The SMILES string of the molecule is O=C(Oc1cccc(N2C(=O)[C@@H]3CCCC[C@H]3C2=O)c1)[C@H]1CC(=O)N(c2ccccc2)C1. The van der Waals surface area contributed by atoms with Crippen LogP contribution in [0.4, 0.5) is 11.4 Å². The molecular formula is C25H24N2O5. The van der Waals surface area contributed by atoms with E-state index in [0.29, 0.717) is 5.69 Å². The normalized spacial score (nSPS) is 25.2. The second-order valence-corrected chi connectivity index (χ2v) is 8.67. The summed E-state index contributed by atoms with van der Waals surface area (Å²) < 4.78 is 5.55. The van der Waals surface area contributed by atoms with Crippen LogP contribution in [0.1, 0.15) is 32.1 Å². The van der Waals surface area contributed by atoms with E-state index in [2.05, 4.69) is 0 Å². The van der Waals surface area contributed by atoms with Gasteiger partial charge in [-0.3, -0.25) is 19.2 Å². The fourth-order valence-corrected chi connectivity index (χ4v) is 5.03. The molecule has 0 unspecified atom stereocenters. The van der Waals surface area contributed by atoms with E-state index in [-0.39, 0.29) is 48.3 Å². The Morgan fingerprint density at radius 2 is 1.50 bits per heavy atom. The van der Waals surface area contributed by atoms with E-state index in [9.17, 15) is 19.2 Å². The number of ether oxygens (including phenoxy) is 1. The molecule has 2 saturated heterocycles. The molecule has 2 aromatic carbocycles. The van der Waals surface area contributed by atoms with Crippen LogP contribution in [0, 0.1) is 17.8 Å². The van der Waals surface area contributed by atoms with Crippen LogP contribution in [0.25, 0.3) is 0 Å². The molecule has 5 rings (SSSR count). The number of anilines is 2. The Morgan fingerprint density at radius 3 is 2.19 bits per heavy atom. The Bertz CT molecular complexity index is 1060. The van der Waals surface area contributed by atoms with Gasteiger partial charge in [-0.2, -0.15) is 0 Å². The molecule has 164 valence electrons. The number of carbonyl (C=O) groups excluding carboxylic acids is 4. The second kappa shape index (κ2) is 8.22. The van der Waals surface area contributed by atoms with Gasteiger partial charge in [-0.25, -0.2) is 4.90 Å². The van der Waals surface area contributed by atoms with Gasteiger partial charge in [0.25, 0.3) is 0 Å². The number of fused-ring (bicyclic) bond motifs is 1. The fraction of sp³-hybridized carbons (Fsp3) is 0.360. The van der Waals surface area contributed by atoms with E-state index in [1.165, 1.54) is 4.90 Å². The molecule has 0 bridgehead atoms. The number of hydrogen-bond acceptors (Lipinski definition) is 5. The van der Waals surface area contributed by atoms with Crippen LogP contribution in [-0.2, 0) is 19.2 Å². The van der Waals surface area contributed by atoms with E-state index in [1.54, 1.807) is 29.2 Å². The zero-order chi connectivity index (χ0) is 22.2. The molecule has 0 N–H and O–H groups in total. The van der Waals surface area contributed by atoms with Crippen molar-refractivity contribution in [2.75, 3.05) is 16.3 Å². The number of imide groups is 1. The van der Waals surface area contributed by atoms with Crippen molar-refractivity contribution >= 4 is 35.1 Å². The van der Waals surface area contributed by atoms with Crippen LogP contribution >= 0.6 is 0 Å². The molecule has 0 radical (unpaired) electrons. The number of carbonyl (C=O) groups is 4. The van der Waals surface area contributed by atoms with Gasteiger partial charge in [-0.15, -0.1) is 0 Å². The summed E-state index contributed by atoms with van der Waals surface area (Å²) in [6.07, 6.45) is 3.50. The topological polar surface area (TPSA) is 84.0 Å². The third-order valence-corrected chi connectivity index (χ3v) is 6.66. The third kappa shape index (κ3) is 3.57. The van der Waals surface area contributed by atoms with E-state index >= 15 is 0 Å². The van der Waals surface area contributed by atoms with Crippen LogP contribution in [-0.4, -0.2) is 30.2 Å². The summed E-state index contributed by atoms with van der Waals surface area (Å²) in [5.74, 6) is -1.75.